The molecule has 0 saturated heterocycles. The normalized spacial score (nSPS) is 11.7. The minimum Gasteiger partial charge on any atom is -0.444 e. The smallest absolute Gasteiger partial charge is 0.413 e. The highest BCUT2D eigenvalue weighted by atomic mass is 79.9. The first-order valence-electron chi connectivity index (χ1n) is 7.05. The monoisotopic (exact) mass is 393 g/mol. The maximum absolute atomic E-state index is 12.2. The molecule has 3 aromatic rings. The SMILES string of the molecule is CC(C)(C)OC(=O)Nc1c(-c2ccc(Br)cc2)nc2sccn12. The van der Waals surface area contributed by atoms with Crippen LogP contribution in [0.2, 0.25) is 0 Å². The number of anilines is 1. The van der Waals surface area contributed by atoms with Crippen LogP contribution in [0.4, 0.5) is 10.6 Å². The quantitative estimate of drug-likeness (QED) is 0.652. The Morgan fingerprint density at radius 1 is 1.30 bits per heavy atom. The fourth-order valence-electron chi connectivity index (χ4n) is 2.11. The number of hydrogen-bond donors (Lipinski definition) is 1. The highest BCUT2D eigenvalue weighted by Crippen LogP contribution is 2.31. The standard InChI is InChI=1S/C16H16BrN3O2S/c1-16(2,3)22-15(21)19-13-12(10-4-6-11(17)7-5-10)18-14-20(13)8-9-23-14/h4-9H,1-3H3,(H,19,21). The third-order valence-corrected chi connectivity index (χ3v) is 4.28. The molecule has 5 nitrogen and oxygen atoms in total. The van der Waals surface area contributed by atoms with Gasteiger partial charge in [0.25, 0.3) is 0 Å². The van der Waals surface area contributed by atoms with E-state index in [0.29, 0.717) is 5.82 Å². The van der Waals surface area contributed by atoms with Crippen LogP contribution in [0.1, 0.15) is 20.8 Å². The van der Waals surface area contributed by atoms with Crippen LogP contribution in [0, 0.1) is 0 Å². The Hall–Kier alpha value is -1.86. The zero-order valence-corrected chi connectivity index (χ0v) is 15.4. The Balaban J connectivity index is 2.00. The number of aromatic nitrogens is 2. The molecule has 3 rings (SSSR count). The number of carbonyl (C=O) groups excluding carboxylic acids is 1. The van der Waals surface area contributed by atoms with Gasteiger partial charge in [0.05, 0.1) is 0 Å². The molecule has 0 aliphatic rings. The van der Waals surface area contributed by atoms with Crippen LogP contribution < -0.4 is 5.32 Å². The number of nitrogens with zero attached hydrogens (tertiary/aromatic N) is 2. The predicted octanol–water partition coefficient (Wildman–Crippen LogP) is 5.17. The van der Waals surface area contributed by atoms with Crippen LogP contribution in [0.3, 0.4) is 0 Å². The maximum atomic E-state index is 12.2. The Morgan fingerprint density at radius 2 is 2.00 bits per heavy atom. The molecule has 1 amide bonds. The van der Waals surface area contributed by atoms with Crippen molar-refractivity contribution in [2.24, 2.45) is 0 Å². The topological polar surface area (TPSA) is 55.6 Å². The summed E-state index contributed by atoms with van der Waals surface area (Å²) in [6, 6.07) is 7.80. The van der Waals surface area contributed by atoms with Gasteiger partial charge < -0.3 is 4.74 Å². The second kappa shape index (κ2) is 5.98. The van der Waals surface area contributed by atoms with Gasteiger partial charge in [0, 0.05) is 21.6 Å². The molecule has 0 unspecified atom stereocenters. The highest BCUT2D eigenvalue weighted by Gasteiger charge is 2.21. The van der Waals surface area contributed by atoms with Crippen LogP contribution >= 0.6 is 27.3 Å². The van der Waals surface area contributed by atoms with Crippen molar-refractivity contribution in [1.29, 1.82) is 0 Å². The van der Waals surface area contributed by atoms with Crippen molar-refractivity contribution in [3.63, 3.8) is 0 Å². The lowest BCUT2D eigenvalue weighted by molar-refractivity contribution is 0.0635. The molecule has 0 saturated carbocycles. The van der Waals surface area contributed by atoms with Crippen molar-refractivity contribution in [2.45, 2.75) is 26.4 Å². The van der Waals surface area contributed by atoms with Gasteiger partial charge in [-0.15, -0.1) is 11.3 Å². The van der Waals surface area contributed by atoms with Crippen molar-refractivity contribution in [2.75, 3.05) is 5.32 Å². The van der Waals surface area contributed by atoms with Crippen molar-refractivity contribution < 1.29 is 9.53 Å². The number of nitrogens with one attached hydrogen (secondary N) is 1. The Bertz CT molecular complexity index is 846. The van der Waals surface area contributed by atoms with Gasteiger partial charge in [-0.2, -0.15) is 0 Å². The highest BCUT2D eigenvalue weighted by molar-refractivity contribution is 9.10. The summed E-state index contributed by atoms with van der Waals surface area (Å²) in [5, 5.41) is 4.75. The molecule has 7 heteroatoms. The molecule has 23 heavy (non-hydrogen) atoms. The maximum Gasteiger partial charge on any atom is 0.413 e. The Morgan fingerprint density at radius 3 is 2.65 bits per heavy atom. The number of carbonyl (C=O) groups is 1. The lowest BCUT2D eigenvalue weighted by Crippen LogP contribution is -2.27. The summed E-state index contributed by atoms with van der Waals surface area (Å²) in [7, 11) is 0. The molecule has 120 valence electrons. The van der Waals surface area contributed by atoms with Crippen LogP contribution in [0.25, 0.3) is 16.2 Å². The molecule has 1 aromatic carbocycles. The van der Waals surface area contributed by atoms with E-state index < -0.39 is 11.7 Å². The van der Waals surface area contributed by atoms with Gasteiger partial charge in [-0.3, -0.25) is 9.72 Å². The van der Waals surface area contributed by atoms with E-state index in [9.17, 15) is 4.79 Å². The fourth-order valence-corrected chi connectivity index (χ4v) is 3.09. The molecule has 2 heterocycles. The van der Waals surface area contributed by atoms with Crippen molar-refractivity contribution in [3.05, 3.63) is 40.3 Å². The molecule has 0 spiro atoms. The van der Waals surface area contributed by atoms with E-state index >= 15 is 0 Å². The third-order valence-electron chi connectivity index (χ3n) is 3.00. The first-order chi connectivity index (χ1) is 10.8. The number of halogens is 1. The van der Waals surface area contributed by atoms with Crippen LogP contribution in [0.5, 0.6) is 0 Å². The first kappa shape index (κ1) is 16.0. The van der Waals surface area contributed by atoms with Gasteiger partial charge in [-0.1, -0.05) is 28.1 Å². The summed E-state index contributed by atoms with van der Waals surface area (Å²) in [5.41, 5.74) is 1.09. The largest absolute Gasteiger partial charge is 0.444 e. The van der Waals surface area contributed by atoms with Crippen LogP contribution in [0.15, 0.2) is 40.3 Å². The number of imidazole rings is 1. The van der Waals surface area contributed by atoms with Gasteiger partial charge in [0.15, 0.2) is 4.96 Å². The van der Waals surface area contributed by atoms with Crippen molar-refractivity contribution in [1.82, 2.24) is 9.38 Å². The number of benzene rings is 1. The van der Waals surface area contributed by atoms with E-state index in [1.165, 1.54) is 11.3 Å². The molecule has 0 atom stereocenters. The number of amides is 1. The lowest BCUT2D eigenvalue weighted by atomic mass is 10.1. The number of rotatable bonds is 2. The minimum atomic E-state index is -0.555. The zero-order valence-electron chi connectivity index (χ0n) is 13.0. The molecule has 0 aliphatic heterocycles. The number of hydrogen-bond acceptors (Lipinski definition) is 4. The van der Waals surface area contributed by atoms with Crippen LogP contribution in [-0.2, 0) is 4.74 Å². The zero-order chi connectivity index (χ0) is 16.6. The van der Waals surface area contributed by atoms with Crippen molar-refractivity contribution >= 4 is 44.1 Å². The van der Waals surface area contributed by atoms with Gasteiger partial charge in [-0.05, 0) is 32.9 Å². The summed E-state index contributed by atoms with van der Waals surface area (Å²) < 4.78 is 8.19. The molecule has 0 radical (unpaired) electrons. The summed E-state index contributed by atoms with van der Waals surface area (Å²) in [6.07, 6.45) is 1.38. The van der Waals surface area contributed by atoms with Crippen molar-refractivity contribution in [3.8, 4) is 11.3 Å². The van der Waals surface area contributed by atoms with Gasteiger partial charge in [0.2, 0.25) is 0 Å². The van der Waals surface area contributed by atoms with Gasteiger partial charge in [0.1, 0.15) is 17.1 Å². The molecule has 2 aromatic heterocycles. The van der Waals surface area contributed by atoms with E-state index in [-0.39, 0.29) is 0 Å². The molecule has 1 N–H and O–H groups in total. The van der Waals surface area contributed by atoms with E-state index in [1.54, 1.807) is 0 Å². The first-order valence-corrected chi connectivity index (χ1v) is 8.72. The fraction of sp³-hybridized carbons (Fsp3) is 0.250. The van der Waals surface area contributed by atoms with E-state index in [1.807, 2.05) is 61.0 Å². The molecule has 0 bridgehead atoms. The summed E-state index contributed by atoms with van der Waals surface area (Å²) in [6.45, 7) is 5.50. The number of thiazole rings is 1. The molecule has 0 fully saturated rings. The molecular formula is C16H16BrN3O2S. The lowest BCUT2D eigenvalue weighted by Gasteiger charge is -2.19. The summed E-state index contributed by atoms with van der Waals surface area (Å²) >= 11 is 4.93. The van der Waals surface area contributed by atoms with Crippen LogP contribution in [-0.4, -0.2) is 21.1 Å². The molecule has 0 aliphatic carbocycles. The predicted molar refractivity (Wildman–Crippen MR) is 96.1 cm³/mol. The average molecular weight is 394 g/mol. The molecular weight excluding hydrogens is 378 g/mol. The van der Waals surface area contributed by atoms with E-state index in [0.717, 1.165) is 20.7 Å². The van der Waals surface area contributed by atoms with E-state index in [4.69, 9.17) is 4.74 Å². The number of fused-ring (bicyclic) bond motifs is 1. The van der Waals surface area contributed by atoms with E-state index in [2.05, 4.69) is 26.2 Å². The second-order valence-electron chi connectivity index (χ2n) is 6.00. The third kappa shape index (κ3) is 3.56. The van der Waals surface area contributed by atoms with Gasteiger partial charge in [-0.25, -0.2) is 9.78 Å². The Kier molecular flexibility index (Phi) is 4.16. The minimum absolute atomic E-state index is 0.496. The average Bonchev–Trinajstić information content (AvgIpc) is 3.00. The summed E-state index contributed by atoms with van der Waals surface area (Å²) in [4.78, 5) is 17.6. The Labute approximate surface area is 146 Å². The van der Waals surface area contributed by atoms with Gasteiger partial charge >= 0.3 is 6.09 Å². The number of ether oxygens (including phenoxy) is 1. The second-order valence-corrected chi connectivity index (χ2v) is 7.79. The summed E-state index contributed by atoms with van der Waals surface area (Å²) in [5.74, 6) is 0.609.